The highest BCUT2D eigenvalue weighted by Gasteiger charge is 2.27. The largest absolute Gasteiger partial charge is 0.371 e. The van der Waals surface area contributed by atoms with Crippen LogP contribution in [0.15, 0.2) is 48.5 Å². The van der Waals surface area contributed by atoms with Crippen LogP contribution >= 0.6 is 0 Å². The molecule has 2 N–H and O–H groups in total. The molecule has 30 heavy (non-hydrogen) atoms. The molecule has 1 atom stereocenters. The van der Waals surface area contributed by atoms with Crippen molar-refractivity contribution < 1.29 is 9.59 Å². The summed E-state index contributed by atoms with van der Waals surface area (Å²) in [7, 11) is 0. The van der Waals surface area contributed by atoms with Crippen LogP contribution in [0.3, 0.4) is 0 Å². The maximum absolute atomic E-state index is 13.0. The molecule has 158 valence electrons. The van der Waals surface area contributed by atoms with Gasteiger partial charge in [-0.05, 0) is 62.3 Å². The summed E-state index contributed by atoms with van der Waals surface area (Å²) in [6.45, 7) is 3.97. The molecule has 5 nitrogen and oxygen atoms in total. The highest BCUT2D eigenvalue weighted by molar-refractivity contribution is 6.03. The van der Waals surface area contributed by atoms with Gasteiger partial charge in [0.1, 0.15) is 0 Å². The van der Waals surface area contributed by atoms with Gasteiger partial charge in [-0.1, -0.05) is 37.3 Å². The number of amides is 2. The Hall–Kier alpha value is -2.82. The molecule has 5 heteroatoms. The lowest BCUT2D eigenvalue weighted by Crippen LogP contribution is -2.33. The number of nitrogens with zero attached hydrogens (tertiary/aromatic N) is 1. The lowest BCUT2D eigenvalue weighted by molar-refractivity contribution is -0.117. The van der Waals surface area contributed by atoms with E-state index >= 15 is 0 Å². The Balaban J connectivity index is 1.56. The zero-order chi connectivity index (χ0) is 20.9. The number of nitrogens with one attached hydrogen (secondary N) is 2. The molecule has 2 aromatic carbocycles. The molecule has 1 unspecified atom stereocenters. The minimum absolute atomic E-state index is 0.0377. The van der Waals surface area contributed by atoms with E-state index in [9.17, 15) is 9.59 Å². The van der Waals surface area contributed by atoms with Gasteiger partial charge in [-0.25, -0.2) is 0 Å². The maximum Gasteiger partial charge on any atom is 0.253 e. The molecule has 1 saturated heterocycles. The van der Waals surface area contributed by atoms with Crippen molar-refractivity contribution in [3.63, 3.8) is 0 Å². The van der Waals surface area contributed by atoms with Gasteiger partial charge in [0.05, 0.1) is 11.5 Å². The molecule has 2 fully saturated rings. The van der Waals surface area contributed by atoms with Crippen molar-refractivity contribution in [1.82, 2.24) is 5.32 Å². The van der Waals surface area contributed by atoms with E-state index in [-0.39, 0.29) is 17.7 Å². The molecule has 1 aliphatic carbocycles. The number of rotatable bonds is 7. The minimum atomic E-state index is -0.211. The number of carbonyl (C=O) groups is 2. The topological polar surface area (TPSA) is 61.4 Å². The Morgan fingerprint density at radius 3 is 2.43 bits per heavy atom. The van der Waals surface area contributed by atoms with Gasteiger partial charge >= 0.3 is 0 Å². The third kappa shape index (κ3) is 4.84. The highest BCUT2D eigenvalue weighted by Crippen LogP contribution is 2.29. The molecule has 0 radical (unpaired) electrons. The van der Waals surface area contributed by atoms with Gasteiger partial charge in [-0.15, -0.1) is 0 Å². The van der Waals surface area contributed by atoms with Crippen LogP contribution in [0, 0.1) is 0 Å². The molecule has 1 heterocycles. The van der Waals surface area contributed by atoms with Crippen LogP contribution in [0.5, 0.6) is 0 Å². The monoisotopic (exact) mass is 405 g/mol. The predicted molar refractivity (Wildman–Crippen MR) is 121 cm³/mol. The van der Waals surface area contributed by atoms with E-state index in [4.69, 9.17) is 0 Å². The van der Waals surface area contributed by atoms with Crippen molar-refractivity contribution in [2.75, 3.05) is 23.3 Å². The molecule has 0 bridgehead atoms. The predicted octanol–water partition coefficient (Wildman–Crippen LogP) is 4.70. The van der Waals surface area contributed by atoms with Crippen LogP contribution in [0.2, 0.25) is 0 Å². The van der Waals surface area contributed by atoms with Crippen molar-refractivity contribution in [2.45, 2.75) is 57.4 Å². The number of piperidine rings is 1. The third-order valence-electron chi connectivity index (χ3n) is 6.04. The normalized spacial score (nSPS) is 17.3. The van der Waals surface area contributed by atoms with E-state index < -0.39 is 0 Å². The van der Waals surface area contributed by atoms with E-state index in [0.717, 1.165) is 56.4 Å². The number of carbonyl (C=O) groups excluding carboxylic acids is 2. The third-order valence-corrected chi connectivity index (χ3v) is 6.04. The second-order valence-electron chi connectivity index (χ2n) is 8.39. The summed E-state index contributed by atoms with van der Waals surface area (Å²) in [5.41, 5.74) is 3.32. The Morgan fingerprint density at radius 1 is 1.03 bits per heavy atom. The molecule has 2 amide bonds. The van der Waals surface area contributed by atoms with Crippen molar-refractivity contribution in [1.29, 1.82) is 0 Å². The van der Waals surface area contributed by atoms with Gasteiger partial charge in [0.25, 0.3) is 5.91 Å². The van der Waals surface area contributed by atoms with Crippen LogP contribution in [0.4, 0.5) is 11.4 Å². The lowest BCUT2D eigenvalue weighted by atomic mass is 9.95. The smallest absolute Gasteiger partial charge is 0.253 e. The van der Waals surface area contributed by atoms with E-state index in [1.807, 2.05) is 55.5 Å². The van der Waals surface area contributed by atoms with Gasteiger partial charge in [-0.2, -0.15) is 0 Å². The molecule has 0 aromatic heterocycles. The molecule has 1 aliphatic heterocycles. The number of benzene rings is 2. The molecule has 2 aliphatic rings. The molecular weight excluding hydrogens is 374 g/mol. The van der Waals surface area contributed by atoms with Crippen molar-refractivity contribution >= 4 is 23.2 Å². The second-order valence-corrected chi connectivity index (χ2v) is 8.39. The SMILES string of the molecule is CCC(C(=O)Nc1ccc(N2CCCCC2)c(C(=O)NC2CC2)c1)c1ccccc1. The van der Waals surface area contributed by atoms with Gasteiger partial charge in [0.2, 0.25) is 5.91 Å². The highest BCUT2D eigenvalue weighted by atomic mass is 16.2. The van der Waals surface area contributed by atoms with E-state index in [1.165, 1.54) is 6.42 Å². The van der Waals surface area contributed by atoms with E-state index in [2.05, 4.69) is 15.5 Å². The van der Waals surface area contributed by atoms with Crippen molar-refractivity contribution in [3.8, 4) is 0 Å². The number of hydrogen-bond acceptors (Lipinski definition) is 3. The van der Waals surface area contributed by atoms with Crippen LogP contribution < -0.4 is 15.5 Å². The Kier molecular flexibility index (Phi) is 6.36. The second kappa shape index (κ2) is 9.33. The quantitative estimate of drug-likeness (QED) is 0.702. The summed E-state index contributed by atoms with van der Waals surface area (Å²) in [4.78, 5) is 28.2. The first kappa shape index (κ1) is 20.5. The summed E-state index contributed by atoms with van der Waals surface area (Å²) >= 11 is 0. The average molecular weight is 406 g/mol. The van der Waals surface area contributed by atoms with Gasteiger partial charge in [0, 0.05) is 30.5 Å². The fourth-order valence-corrected chi connectivity index (χ4v) is 4.18. The van der Waals surface area contributed by atoms with Crippen LogP contribution in [-0.4, -0.2) is 30.9 Å². The average Bonchev–Trinajstić information content (AvgIpc) is 3.59. The summed E-state index contributed by atoms with van der Waals surface area (Å²) in [5, 5.41) is 6.16. The van der Waals surface area contributed by atoms with Gasteiger partial charge in [0.15, 0.2) is 0 Å². The minimum Gasteiger partial charge on any atom is -0.371 e. The van der Waals surface area contributed by atoms with Gasteiger partial charge < -0.3 is 15.5 Å². The molecule has 4 rings (SSSR count). The molecule has 0 spiro atoms. The first-order valence-electron chi connectivity index (χ1n) is 11.2. The maximum atomic E-state index is 13.0. The molecule has 2 aromatic rings. The van der Waals surface area contributed by atoms with Crippen LogP contribution in [0.25, 0.3) is 0 Å². The summed E-state index contributed by atoms with van der Waals surface area (Å²) < 4.78 is 0. The Morgan fingerprint density at radius 2 is 1.77 bits per heavy atom. The number of anilines is 2. The molecular formula is C25H31N3O2. The summed E-state index contributed by atoms with van der Waals surface area (Å²) in [5.74, 6) is -0.288. The zero-order valence-corrected chi connectivity index (χ0v) is 17.7. The lowest BCUT2D eigenvalue weighted by Gasteiger charge is -2.30. The first-order valence-corrected chi connectivity index (χ1v) is 11.2. The molecule has 1 saturated carbocycles. The fraction of sp³-hybridized carbons (Fsp3) is 0.440. The summed E-state index contributed by atoms with van der Waals surface area (Å²) in [6.07, 6.45) is 6.37. The van der Waals surface area contributed by atoms with Crippen LogP contribution in [-0.2, 0) is 4.79 Å². The fourth-order valence-electron chi connectivity index (χ4n) is 4.18. The van der Waals surface area contributed by atoms with Crippen LogP contribution in [0.1, 0.15) is 67.3 Å². The first-order chi connectivity index (χ1) is 14.7. The van der Waals surface area contributed by atoms with Gasteiger partial charge in [-0.3, -0.25) is 9.59 Å². The van der Waals surface area contributed by atoms with E-state index in [1.54, 1.807) is 0 Å². The Bertz CT molecular complexity index is 887. The zero-order valence-electron chi connectivity index (χ0n) is 17.7. The standard InChI is InChI=1S/C25H31N3O2/c1-2-21(18-9-5-3-6-10-18)24(29)27-20-13-14-23(28-15-7-4-8-16-28)22(17-20)25(30)26-19-11-12-19/h3,5-6,9-10,13-14,17,19,21H,2,4,7-8,11-12,15-16H2,1H3,(H,26,30)(H,27,29). The Labute approximate surface area is 178 Å². The summed E-state index contributed by atoms with van der Waals surface area (Å²) in [6, 6.07) is 15.9. The number of hydrogen-bond donors (Lipinski definition) is 2. The van der Waals surface area contributed by atoms with Crippen molar-refractivity contribution in [3.05, 3.63) is 59.7 Å². The van der Waals surface area contributed by atoms with E-state index in [0.29, 0.717) is 17.3 Å². The van der Waals surface area contributed by atoms with Crippen molar-refractivity contribution in [2.24, 2.45) is 0 Å².